The Morgan fingerprint density at radius 1 is 1.09 bits per heavy atom. The van der Waals surface area contributed by atoms with E-state index in [1.807, 2.05) is 12.1 Å². The van der Waals surface area contributed by atoms with Gasteiger partial charge >= 0.3 is 0 Å². The average Bonchev–Trinajstić information content (AvgIpc) is 2.48. The van der Waals surface area contributed by atoms with Crippen molar-refractivity contribution in [1.82, 2.24) is 0 Å². The lowest BCUT2D eigenvalue weighted by Gasteiger charge is -2.14. The van der Waals surface area contributed by atoms with Crippen LogP contribution in [0, 0.1) is 24.0 Å². The molecule has 0 aliphatic carbocycles. The minimum Gasteiger partial charge on any atom is -0.381 e. The van der Waals surface area contributed by atoms with Crippen LogP contribution in [0.15, 0.2) is 36.4 Å². The van der Waals surface area contributed by atoms with Crippen molar-refractivity contribution in [3.8, 4) is 0 Å². The van der Waals surface area contributed by atoms with E-state index in [2.05, 4.69) is 31.3 Å². The molecule has 0 bridgehead atoms. The Morgan fingerprint density at radius 3 is 2.41 bits per heavy atom. The first-order chi connectivity index (χ1) is 10.4. The normalized spacial score (nSPS) is 10.4. The molecule has 0 aliphatic rings. The summed E-state index contributed by atoms with van der Waals surface area (Å²) in [5, 5.41) is 14.5. The second-order valence-corrected chi connectivity index (χ2v) is 5.63. The Bertz CT molecular complexity index is 696. The third-order valence-corrected chi connectivity index (χ3v) is 3.72. The number of aryl methyl sites for hydroxylation is 2. The Morgan fingerprint density at radius 2 is 1.82 bits per heavy atom. The van der Waals surface area contributed by atoms with Crippen LogP contribution in [0.1, 0.15) is 16.7 Å². The molecule has 0 atom stereocenters. The number of nitro benzene ring substituents is 1. The molecule has 0 fully saturated rings. The first-order valence-electron chi connectivity index (χ1n) is 7.14. The maximum atomic E-state index is 11.2. The highest BCUT2D eigenvalue weighted by molar-refractivity contribution is 5.64. The average molecular weight is 299 g/mol. The summed E-state index contributed by atoms with van der Waals surface area (Å²) < 4.78 is 0. The molecule has 0 radical (unpaired) electrons. The third-order valence-electron chi connectivity index (χ3n) is 3.72. The number of nitrogens with zero attached hydrogens (tertiary/aromatic N) is 2. The van der Waals surface area contributed by atoms with Gasteiger partial charge in [0.25, 0.3) is 5.69 Å². The lowest BCUT2D eigenvalue weighted by atomic mass is 10.1. The molecule has 5 heteroatoms. The van der Waals surface area contributed by atoms with Gasteiger partial charge < -0.3 is 10.2 Å². The molecule has 2 aromatic carbocycles. The highest BCUT2D eigenvalue weighted by Gasteiger charge is 2.15. The van der Waals surface area contributed by atoms with Gasteiger partial charge in [-0.1, -0.05) is 12.1 Å². The van der Waals surface area contributed by atoms with Gasteiger partial charge in [-0.05, 0) is 48.7 Å². The molecular formula is C17H21N3O2. The van der Waals surface area contributed by atoms with E-state index in [0.29, 0.717) is 12.2 Å². The highest BCUT2D eigenvalue weighted by Crippen LogP contribution is 2.28. The van der Waals surface area contributed by atoms with Crippen LogP contribution in [-0.2, 0) is 6.54 Å². The van der Waals surface area contributed by atoms with Gasteiger partial charge in [0.15, 0.2) is 0 Å². The second-order valence-electron chi connectivity index (χ2n) is 5.63. The van der Waals surface area contributed by atoms with Crippen molar-refractivity contribution < 1.29 is 4.92 Å². The van der Waals surface area contributed by atoms with Gasteiger partial charge in [0, 0.05) is 32.4 Å². The molecule has 2 aromatic rings. The number of anilines is 2. The monoisotopic (exact) mass is 299 g/mol. The summed E-state index contributed by atoms with van der Waals surface area (Å²) in [6.45, 7) is 4.69. The van der Waals surface area contributed by atoms with Gasteiger partial charge in [0.2, 0.25) is 0 Å². The fourth-order valence-electron chi connectivity index (χ4n) is 2.26. The van der Waals surface area contributed by atoms with E-state index in [1.165, 1.54) is 11.1 Å². The van der Waals surface area contributed by atoms with E-state index in [-0.39, 0.29) is 10.6 Å². The summed E-state index contributed by atoms with van der Waals surface area (Å²) in [6.07, 6.45) is 0. The Hall–Kier alpha value is -2.56. The number of nitrogens with one attached hydrogen (secondary N) is 1. The molecule has 116 valence electrons. The molecule has 0 unspecified atom stereocenters. The molecule has 0 amide bonds. The first-order valence-corrected chi connectivity index (χ1v) is 7.14. The van der Waals surface area contributed by atoms with Crippen LogP contribution >= 0.6 is 0 Å². The second kappa shape index (κ2) is 6.47. The van der Waals surface area contributed by atoms with Crippen molar-refractivity contribution in [2.45, 2.75) is 20.4 Å². The largest absolute Gasteiger partial charge is 0.381 e. The van der Waals surface area contributed by atoms with Crippen LogP contribution < -0.4 is 10.2 Å². The molecule has 0 aliphatic heterocycles. The summed E-state index contributed by atoms with van der Waals surface area (Å²) in [5.74, 6) is 0. The van der Waals surface area contributed by atoms with Crippen LogP contribution in [0.2, 0.25) is 0 Å². The summed E-state index contributed by atoms with van der Waals surface area (Å²) in [5.41, 5.74) is 5.11. The molecular weight excluding hydrogens is 278 g/mol. The van der Waals surface area contributed by atoms with Crippen molar-refractivity contribution in [2.24, 2.45) is 0 Å². The van der Waals surface area contributed by atoms with Crippen molar-refractivity contribution in [2.75, 3.05) is 24.3 Å². The van der Waals surface area contributed by atoms with E-state index in [0.717, 1.165) is 11.3 Å². The standard InChI is InChI=1S/C17H21N3O2/c1-12-5-7-15(9-13(12)2)18-11-14-6-8-16(19(3)4)17(10-14)20(21)22/h5-10,18H,11H2,1-4H3. The van der Waals surface area contributed by atoms with Crippen LogP contribution in [-0.4, -0.2) is 19.0 Å². The summed E-state index contributed by atoms with van der Waals surface area (Å²) in [4.78, 5) is 12.6. The summed E-state index contributed by atoms with van der Waals surface area (Å²) in [7, 11) is 3.60. The van der Waals surface area contributed by atoms with E-state index in [4.69, 9.17) is 0 Å². The topological polar surface area (TPSA) is 58.4 Å². The zero-order chi connectivity index (χ0) is 16.3. The SMILES string of the molecule is Cc1ccc(NCc2ccc(N(C)C)c([N+](=O)[O-])c2)cc1C. The highest BCUT2D eigenvalue weighted by atomic mass is 16.6. The smallest absolute Gasteiger partial charge is 0.292 e. The first kappa shape index (κ1) is 15.8. The summed E-state index contributed by atoms with van der Waals surface area (Å²) >= 11 is 0. The van der Waals surface area contributed by atoms with Crippen molar-refractivity contribution in [1.29, 1.82) is 0 Å². The van der Waals surface area contributed by atoms with Crippen LogP contribution in [0.4, 0.5) is 17.1 Å². The van der Waals surface area contributed by atoms with Crippen LogP contribution in [0.5, 0.6) is 0 Å². The molecule has 1 N–H and O–H groups in total. The molecule has 22 heavy (non-hydrogen) atoms. The van der Waals surface area contributed by atoms with E-state index >= 15 is 0 Å². The van der Waals surface area contributed by atoms with Crippen LogP contribution in [0.3, 0.4) is 0 Å². The number of hydrogen-bond donors (Lipinski definition) is 1. The van der Waals surface area contributed by atoms with Gasteiger partial charge in [-0.3, -0.25) is 10.1 Å². The third kappa shape index (κ3) is 3.55. The fourth-order valence-corrected chi connectivity index (χ4v) is 2.26. The zero-order valence-corrected chi connectivity index (χ0v) is 13.4. The predicted octanol–water partition coefficient (Wildman–Crippen LogP) is 3.89. The lowest BCUT2D eigenvalue weighted by Crippen LogP contribution is -2.11. The minimum absolute atomic E-state index is 0.129. The zero-order valence-electron chi connectivity index (χ0n) is 13.4. The molecule has 2 rings (SSSR count). The maximum absolute atomic E-state index is 11.2. The molecule has 0 saturated carbocycles. The quantitative estimate of drug-likeness (QED) is 0.672. The lowest BCUT2D eigenvalue weighted by molar-refractivity contribution is -0.384. The van der Waals surface area contributed by atoms with Crippen LogP contribution in [0.25, 0.3) is 0 Å². The van der Waals surface area contributed by atoms with Gasteiger partial charge in [-0.25, -0.2) is 0 Å². The van der Waals surface area contributed by atoms with Gasteiger partial charge in [0.1, 0.15) is 5.69 Å². The van der Waals surface area contributed by atoms with Crippen molar-refractivity contribution >= 4 is 17.1 Å². The van der Waals surface area contributed by atoms with Crippen molar-refractivity contribution in [3.63, 3.8) is 0 Å². The predicted molar refractivity (Wildman–Crippen MR) is 90.7 cm³/mol. The molecule has 0 saturated heterocycles. The molecule has 5 nitrogen and oxygen atoms in total. The van der Waals surface area contributed by atoms with Gasteiger partial charge in [0.05, 0.1) is 4.92 Å². The summed E-state index contributed by atoms with van der Waals surface area (Å²) in [6, 6.07) is 11.5. The molecule has 0 heterocycles. The Labute approximate surface area is 130 Å². The molecule has 0 spiro atoms. The van der Waals surface area contributed by atoms with E-state index in [9.17, 15) is 10.1 Å². The number of hydrogen-bond acceptors (Lipinski definition) is 4. The molecule has 0 aromatic heterocycles. The number of rotatable bonds is 5. The number of benzene rings is 2. The number of nitro groups is 1. The fraction of sp³-hybridized carbons (Fsp3) is 0.294. The van der Waals surface area contributed by atoms with Crippen molar-refractivity contribution in [3.05, 3.63) is 63.2 Å². The Balaban J connectivity index is 2.17. The maximum Gasteiger partial charge on any atom is 0.292 e. The Kier molecular flexibility index (Phi) is 4.65. The van der Waals surface area contributed by atoms with Gasteiger partial charge in [-0.15, -0.1) is 0 Å². The minimum atomic E-state index is -0.338. The van der Waals surface area contributed by atoms with E-state index < -0.39 is 0 Å². The van der Waals surface area contributed by atoms with E-state index in [1.54, 1.807) is 31.1 Å². The van der Waals surface area contributed by atoms with Gasteiger partial charge in [-0.2, -0.15) is 0 Å².